The number of Topliss-reactive ketones (excluding diaryl/α,β-unsaturated/α-hetero) is 2. The van der Waals surface area contributed by atoms with Crippen molar-refractivity contribution in [3.8, 4) is 0 Å². The lowest BCUT2D eigenvalue weighted by atomic mass is 10.0. The number of aliphatic hydroxyl groups is 1. The Morgan fingerprint density at radius 2 is 1.66 bits per heavy atom. The summed E-state index contributed by atoms with van der Waals surface area (Å²) in [5.41, 5.74) is 2.74. The number of benzene rings is 2. The van der Waals surface area contributed by atoms with Gasteiger partial charge in [0, 0.05) is 13.0 Å². The average molecular weight is 397 g/mol. The summed E-state index contributed by atoms with van der Waals surface area (Å²) in [6, 6.07) is 16.7. The Morgan fingerprint density at radius 1 is 0.966 bits per heavy atom. The number of aliphatic hydroxyl groups excluding tert-OH is 1. The Hall–Kier alpha value is -2.83. The highest BCUT2D eigenvalue weighted by atomic mass is 16.5. The summed E-state index contributed by atoms with van der Waals surface area (Å²) in [5, 5.41) is 12.0. The number of esters is 1. The molecule has 0 spiro atoms. The standard InChI is InChI=1S/C23H27NO5/c1-2-29-23(28)22(13-17-7-4-3-5-8-17)24-15-19-10-6-9-18(11-19)12-20(26)14-21(27)16-25/h3-11,22,24-25H,2,12-16H2,1H3/t22-/m0/s1. The first-order valence-corrected chi connectivity index (χ1v) is 9.67. The first-order valence-electron chi connectivity index (χ1n) is 9.67. The van der Waals surface area contributed by atoms with Gasteiger partial charge in [0.1, 0.15) is 18.4 Å². The molecule has 2 rings (SSSR count). The zero-order chi connectivity index (χ0) is 21.1. The molecule has 0 aliphatic carbocycles. The summed E-state index contributed by atoms with van der Waals surface area (Å²) < 4.78 is 5.19. The van der Waals surface area contributed by atoms with Gasteiger partial charge in [0.25, 0.3) is 0 Å². The van der Waals surface area contributed by atoms with E-state index in [1.54, 1.807) is 6.92 Å². The SMILES string of the molecule is CCOC(=O)[C@H](Cc1ccccc1)NCc1cccc(CC(=O)CC(=O)CO)c1. The summed E-state index contributed by atoms with van der Waals surface area (Å²) in [6.45, 7) is 1.91. The molecular weight excluding hydrogens is 370 g/mol. The molecule has 2 aromatic carbocycles. The Labute approximate surface area is 170 Å². The zero-order valence-corrected chi connectivity index (χ0v) is 16.6. The fraction of sp³-hybridized carbons (Fsp3) is 0.348. The van der Waals surface area contributed by atoms with Crippen LogP contribution in [-0.4, -0.2) is 41.9 Å². The third-order valence-electron chi connectivity index (χ3n) is 4.37. The van der Waals surface area contributed by atoms with Crippen molar-refractivity contribution < 1.29 is 24.2 Å². The summed E-state index contributed by atoms with van der Waals surface area (Å²) in [5.74, 6) is -1.01. The quantitative estimate of drug-likeness (QED) is 0.420. The molecule has 0 heterocycles. The molecule has 0 aromatic heterocycles. The Morgan fingerprint density at radius 3 is 2.34 bits per heavy atom. The second kappa shape index (κ2) is 11.9. The van der Waals surface area contributed by atoms with Gasteiger partial charge in [0.2, 0.25) is 0 Å². The molecule has 2 aromatic rings. The molecule has 0 aliphatic rings. The Kier molecular flexibility index (Phi) is 9.21. The van der Waals surface area contributed by atoms with Crippen molar-refractivity contribution >= 4 is 17.5 Å². The first kappa shape index (κ1) is 22.5. The minimum absolute atomic E-state index is 0.130. The van der Waals surface area contributed by atoms with Gasteiger partial charge < -0.3 is 15.2 Å². The van der Waals surface area contributed by atoms with Crippen molar-refractivity contribution in [3.63, 3.8) is 0 Å². The second-order valence-electron chi connectivity index (χ2n) is 6.78. The molecular formula is C23H27NO5. The van der Waals surface area contributed by atoms with Crippen LogP contribution in [0.5, 0.6) is 0 Å². The largest absolute Gasteiger partial charge is 0.465 e. The monoisotopic (exact) mass is 397 g/mol. The van der Waals surface area contributed by atoms with E-state index >= 15 is 0 Å². The number of carbonyl (C=O) groups excluding carboxylic acids is 3. The van der Waals surface area contributed by atoms with Gasteiger partial charge in [-0.3, -0.25) is 14.4 Å². The highest BCUT2D eigenvalue weighted by molar-refractivity contribution is 6.00. The number of ketones is 2. The van der Waals surface area contributed by atoms with E-state index < -0.39 is 18.4 Å². The van der Waals surface area contributed by atoms with E-state index in [0.29, 0.717) is 19.6 Å². The maximum Gasteiger partial charge on any atom is 0.323 e. The van der Waals surface area contributed by atoms with E-state index in [1.807, 2.05) is 54.6 Å². The first-order chi connectivity index (χ1) is 14.0. The summed E-state index contributed by atoms with van der Waals surface area (Å²) >= 11 is 0. The molecule has 0 radical (unpaired) electrons. The summed E-state index contributed by atoms with van der Waals surface area (Å²) in [6.07, 6.45) is 0.382. The molecule has 6 heteroatoms. The molecule has 0 aliphatic heterocycles. The molecule has 0 bridgehead atoms. The Balaban J connectivity index is 2.00. The van der Waals surface area contributed by atoms with Crippen LogP contribution in [0.1, 0.15) is 30.0 Å². The minimum Gasteiger partial charge on any atom is -0.465 e. The van der Waals surface area contributed by atoms with Crippen molar-refractivity contribution in [2.75, 3.05) is 13.2 Å². The van der Waals surface area contributed by atoms with Gasteiger partial charge in [-0.25, -0.2) is 0 Å². The maximum atomic E-state index is 12.3. The molecule has 0 saturated heterocycles. The number of hydrogen-bond acceptors (Lipinski definition) is 6. The van der Waals surface area contributed by atoms with Gasteiger partial charge in [0.15, 0.2) is 5.78 Å². The van der Waals surface area contributed by atoms with Crippen LogP contribution in [0.4, 0.5) is 0 Å². The summed E-state index contributed by atoms with van der Waals surface area (Å²) in [7, 11) is 0. The molecule has 154 valence electrons. The van der Waals surface area contributed by atoms with Crippen LogP contribution in [-0.2, 0) is 38.5 Å². The van der Waals surface area contributed by atoms with Crippen molar-refractivity contribution in [2.24, 2.45) is 0 Å². The number of carbonyl (C=O) groups is 3. The van der Waals surface area contributed by atoms with Crippen LogP contribution in [0.25, 0.3) is 0 Å². The summed E-state index contributed by atoms with van der Waals surface area (Å²) in [4.78, 5) is 35.4. The van der Waals surface area contributed by atoms with Gasteiger partial charge in [-0.05, 0) is 30.0 Å². The van der Waals surface area contributed by atoms with Gasteiger partial charge >= 0.3 is 5.97 Å². The van der Waals surface area contributed by atoms with Crippen LogP contribution in [0.3, 0.4) is 0 Å². The zero-order valence-electron chi connectivity index (χ0n) is 16.6. The lowest BCUT2D eigenvalue weighted by Crippen LogP contribution is -2.39. The average Bonchev–Trinajstić information content (AvgIpc) is 2.72. The normalized spacial score (nSPS) is 11.7. The highest BCUT2D eigenvalue weighted by Crippen LogP contribution is 2.10. The van der Waals surface area contributed by atoms with Gasteiger partial charge in [-0.2, -0.15) is 0 Å². The predicted molar refractivity (Wildman–Crippen MR) is 109 cm³/mol. The van der Waals surface area contributed by atoms with Crippen LogP contribution in [0.2, 0.25) is 0 Å². The van der Waals surface area contributed by atoms with Crippen LogP contribution in [0, 0.1) is 0 Å². The number of hydrogen-bond donors (Lipinski definition) is 2. The molecule has 2 N–H and O–H groups in total. The van der Waals surface area contributed by atoms with E-state index in [-0.39, 0.29) is 24.6 Å². The fourth-order valence-electron chi connectivity index (χ4n) is 2.99. The highest BCUT2D eigenvalue weighted by Gasteiger charge is 2.20. The van der Waals surface area contributed by atoms with Crippen molar-refractivity contribution in [3.05, 3.63) is 71.3 Å². The lowest BCUT2D eigenvalue weighted by molar-refractivity contribution is -0.145. The van der Waals surface area contributed by atoms with E-state index in [0.717, 1.165) is 16.7 Å². The molecule has 0 saturated carbocycles. The molecule has 1 atom stereocenters. The number of rotatable bonds is 12. The van der Waals surface area contributed by atoms with Crippen LogP contribution >= 0.6 is 0 Å². The number of ether oxygens (including phenoxy) is 1. The fourth-order valence-corrected chi connectivity index (χ4v) is 2.99. The van der Waals surface area contributed by atoms with Crippen LogP contribution in [0.15, 0.2) is 54.6 Å². The van der Waals surface area contributed by atoms with Crippen molar-refractivity contribution in [1.29, 1.82) is 0 Å². The molecule has 29 heavy (non-hydrogen) atoms. The van der Waals surface area contributed by atoms with E-state index in [4.69, 9.17) is 9.84 Å². The topological polar surface area (TPSA) is 92.7 Å². The molecule has 6 nitrogen and oxygen atoms in total. The third kappa shape index (κ3) is 7.97. The second-order valence-corrected chi connectivity index (χ2v) is 6.78. The van der Waals surface area contributed by atoms with E-state index in [1.165, 1.54) is 0 Å². The van der Waals surface area contributed by atoms with E-state index in [9.17, 15) is 14.4 Å². The Bertz CT molecular complexity index is 819. The van der Waals surface area contributed by atoms with Gasteiger partial charge in [0.05, 0.1) is 13.0 Å². The molecule has 0 amide bonds. The van der Waals surface area contributed by atoms with Gasteiger partial charge in [-0.1, -0.05) is 54.6 Å². The molecule has 0 fully saturated rings. The van der Waals surface area contributed by atoms with Gasteiger partial charge in [-0.15, -0.1) is 0 Å². The van der Waals surface area contributed by atoms with Crippen LogP contribution < -0.4 is 5.32 Å². The van der Waals surface area contributed by atoms with E-state index in [2.05, 4.69) is 5.32 Å². The van der Waals surface area contributed by atoms with Crippen molar-refractivity contribution in [2.45, 2.75) is 38.8 Å². The maximum absolute atomic E-state index is 12.3. The minimum atomic E-state index is -0.619. The molecule has 0 unspecified atom stereocenters. The third-order valence-corrected chi connectivity index (χ3v) is 4.37. The lowest BCUT2D eigenvalue weighted by Gasteiger charge is -2.18. The predicted octanol–water partition coefficient (Wildman–Crippen LogP) is 2.01. The van der Waals surface area contributed by atoms with Crippen molar-refractivity contribution in [1.82, 2.24) is 5.32 Å². The smallest absolute Gasteiger partial charge is 0.323 e. The number of nitrogens with one attached hydrogen (secondary N) is 1.